The minimum absolute atomic E-state index is 0.0825. The normalized spacial score (nSPS) is 10.2. The number of hydrogen-bond acceptors (Lipinski definition) is 3. The van der Waals surface area contributed by atoms with Crippen LogP contribution in [0.2, 0.25) is 0 Å². The second-order valence-electron chi connectivity index (χ2n) is 4.12. The third kappa shape index (κ3) is 3.66. The quantitative estimate of drug-likeness (QED) is 0.464. The van der Waals surface area contributed by atoms with Crippen LogP contribution in [-0.2, 0) is 6.61 Å². The molecule has 0 aromatic heterocycles. The molecular formula is C14H12INO3. The standard InChI is InChI=1S/C14H12INO3/c1-10-8-13(16(17)18)6-7-14(10)19-9-11-2-4-12(15)5-3-11/h2-8H,9H2,1H3. The maximum atomic E-state index is 10.6. The van der Waals surface area contributed by atoms with E-state index in [4.69, 9.17) is 4.74 Å². The Balaban J connectivity index is 2.07. The van der Waals surface area contributed by atoms with Gasteiger partial charge in [0.05, 0.1) is 4.92 Å². The lowest BCUT2D eigenvalue weighted by Gasteiger charge is -2.09. The zero-order valence-corrected chi connectivity index (χ0v) is 12.5. The lowest BCUT2D eigenvalue weighted by molar-refractivity contribution is -0.384. The monoisotopic (exact) mass is 369 g/mol. The number of ether oxygens (including phenoxy) is 1. The van der Waals surface area contributed by atoms with Crippen molar-refractivity contribution in [3.63, 3.8) is 0 Å². The van der Waals surface area contributed by atoms with E-state index < -0.39 is 4.92 Å². The molecular weight excluding hydrogens is 357 g/mol. The summed E-state index contributed by atoms with van der Waals surface area (Å²) in [5, 5.41) is 10.6. The van der Waals surface area contributed by atoms with Gasteiger partial charge in [0, 0.05) is 15.7 Å². The highest BCUT2D eigenvalue weighted by molar-refractivity contribution is 14.1. The van der Waals surface area contributed by atoms with Crippen molar-refractivity contribution in [1.82, 2.24) is 0 Å². The van der Waals surface area contributed by atoms with Crippen LogP contribution in [-0.4, -0.2) is 4.92 Å². The van der Waals surface area contributed by atoms with Crippen molar-refractivity contribution in [2.75, 3.05) is 0 Å². The van der Waals surface area contributed by atoms with Crippen LogP contribution in [0.15, 0.2) is 42.5 Å². The Morgan fingerprint density at radius 2 is 1.89 bits per heavy atom. The number of nitro benzene ring substituents is 1. The number of rotatable bonds is 4. The second kappa shape index (κ2) is 6.01. The highest BCUT2D eigenvalue weighted by Crippen LogP contribution is 2.24. The van der Waals surface area contributed by atoms with Crippen molar-refractivity contribution in [3.05, 3.63) is 67.3 Å². The molecule has 0 bridgehead atoms. The van der Waals surface area contributed by atoms with E-state index in [2.05, 4.69) is 22.6 Å². The zero-order valence-electron chi connectivity index (χ0n) is 10.3. The van der Waals surface area contributed by atoms with Gasteiger partial charge in [-0.3, -0.25) is 10.1 Å². The fourth-order valence-corrected chi connectivity index (χ4v) is 2.01. The second-order valence-corrected chi connectivity index (χ2v) is 5.37. The molecule has 0 heterocycles. The highest BCUT2D eigenvalue weighted by Gasteiger charge is 2.08. The first-order valence-corrected chi connectivity index (χ1v) is 6.76. The summed E-state index contributed by atoms with van der Waals surface area (Å²) in [6.45, 7) is 2.26. The summed E-state index contributed by atoms with van der Waals surface area (Å²) >= 11 is 2.25. The molecule has 0 aliphatic carbocycles. The SMILES string of the molecule is Cc1cc([N+](=O)[O-])ccc1OCc1ccc(I)cc1. The fourth-order valence-electron chi connectivity index (χ4n) is 1.65. The lowest BCUT2D eigenvalue weighted by atomic mass is 10.2. The summed E-state index contributed by atoms with van der Waals surface area (Å²) in [4.78, 5) is 10.2. The zero-order chi connectivity index (χ0) is 13.8. The van der Waals surface area contributed by atoms with Crippen molar-refractivity contribution >= 4 is 28.3 Å². The van der Waals surface area contributed by atoms with E-state index in [9.17, 15) is 10.1 Å². The molecule has 2 aromatic rings. The Morgan fingerprint density at radius 3 is 2.47 bits per heavy atom. The van der Waals surface area contributed by atoms with E-state index in [0.29, 0.717) is 12.4 Å². The van der Waals surface area contributed by atoms with E-state index in [1.807, 2.05) is 24.3 Å². The fraction of sp³-hybridized carbons (Fsp3) is 0.143. The summed E-state index contributed by atoms with van der Waals surface area (Å²) in [6.07, 6.45) is 0. The van der Waals surface area contributed by atoms with Crippen LogP contribution in [0.5, 0.6) is 5.75 Å². The van der Waals surface area contributed by atoms with Crippen LogP contribution in [0.1, 0.15) is 11.1 Å². The van der Waals surface area contributed by atoms with Gasteiger partial charge in [-0.05, 0) is 58.8 Å². The molecule has 5 heteroatoms. The number of benzene rings is 2. The van der Waals surface area contributed by atoms with Gasteiger partial charge >= 0.3 is 0 Å². The molecule has 0 unspecified atom stereocenters. The molecule has 98 valence electrons. The Bertz CT molecular complexity index is 596. The Labute approximate surface area is 124 Å². The molecule has 0 amide bonds. The number of hydrogen-bond donors (Lipinski definition) is 0. The van der Waals surface area contributed by atoms with Gasteiger partial charge in [-0.2, -0.15) is 0 Å². The van der Waals surface area contributed by atoms with Crippen LogP contribution in [0, 0.1) is 20.6 Å². The molecule has 0 radical (unpaired) electrons. The molecule has 0 aliphatic heterocycles. The van der Waals surface area contributed by atoms with E-state index in [1.165, 1.54) is 15.7 Å². The molecule has 0 aliphatic rings. The Morgan fingerprint density at radius 1 is 1.21 bits per heavy atom. The molecule has 2 rings (SSSR count). The van der Waals surface area contributed by atoms with Gasteiger partial charge in [-0.15, -0.1) is 0 Å². The van der Waals surface area contributed by atoms with Crippen molar-refractivity contribution in [2.24, 2.45) is 0 Å². The molecule has 0 atom stereocenters. The van der Waals surface area contributed by atoms with Crippen LogP contribution in [0.25, 0.3) is 0 Å². The predicted molar refractivity (Wildman–Crippen MR) is 81.3 cm³/mol. The van der Waals surface area contributed by atoms with Gasteiger partial charge in [0.1, 0.15) is 12.4 Å². The van der Waals surface area contributed by atoms with Crippen LogP contribution in [0.3, 0.4) is 0 Å². The van der Waals surface area contributed by atoms with Gasteiger partial charge < -0.3 is 4.74 Å². The molecule has 0 N–H and O–H groups in total. The van der Waals surface area contributed by atoms with Gasteiger partial charge in [-0.25, -0.2) is 0 Å². The van der Waals surface area contributed by atoms with Gasteiger partial charge in [0.25, 0.3) is 5.69 Å². The summed E-state index contributed by atoms with van der Waals surface area (Å²) in [6, 6.07) is 12.6. The first-order chi connectivity index (χ1) is 9.06. The molecule has 0 fully saturated rings. The maximum Gasteiger partial charge on any atom is 0.269 e. The van der Waals surface area contributed by atoms with Crippen LogP contribution in [0.4, 0.5) is 5.69 Å². The van der Waals surface area contributed by atoms with Gasteiger partial charge in [0.2, 0.25) is 0 Å². The Kier molecular flexibility index (Phi) is 4.36. The maximum absolute atomic E-state index is 10.6. The topological polar surface area (TPSA) is 52.4 Å². The van der Waals surface area contributed by atoms with E-state index in [0.717, 1.165) is 11.1 Å². The average Bonchev–Trinajstić information content (AvgIpc) is 2.39. The first kappa shape index (κ1) is 13.8. The number of nitro groups is 1. The molecule has 0 saturated carbocycles. The first-order valence-electron chi connectivity index (χ1n) is 5.68. The number of aryl methyl sites for hydroxylation is 1. The smallest absolute Gasteiger partial charge is 0.269 e. The van der Waals surface area contributed by atoms with Crippen molar-refractivity contribution in [3.8, 4) is 5.75 Å². The van der Waals surface area contributed by atoms with Crippen molar-refractivity contribution in [2.45, 2.75) is 13.5 Å². The summed E-state index contributed by atoms with van der Waals surface area (Å²) < 4.78 is 6.85. The van der Waals surface area contributed by atoms with Gasteiger partial charge in [-0.1, -0.05) is 12.1 Å². The lowest BCUT2D eigenvalue weighted by Crippen LogP contribution is -1.98. The minimum Gasteiger partial charge on any atom is -0.489 e. The van der Waals surface area contributed by atoms with Crippen LogP contribution >= 0.6 is 22.6 Å². The largest absolute Gasteiger partial charge is 0.489 e. The molecule has 19 heavy (non-hydrogen) atoms. The summed E-state index contributed by atoms with van der Waals surface area (Å²) in [5.41, 5.74) is 1.91. The predicted octanol–water partition coefficient (Wildman–Crippen LogP) is 4.09. The van der Waals surface area contributed by atoms with Gasteiger partial charge in [0.15, 0.2) is 0 Å². The number of nitrogens with zero attached hydrogens (tertiary/aromatic N) is 1. The third-order valence-electron chi connectivity index (χ3n) is 2.68. The summed E-state index contributed by atoms with van der Waals surface area (Å²) in [5.74, 6) is 0.671. The highest BCUT2D eigenvalue weighted by atomic mass is 127. The molecule has 2 aromatic carbocycles. The molecule has 0 saturated heterocycles. The third-order valence-corrected chi connectivity index (χ3v) is 3.40. The van der Waals surface area contributed by atoms with Crippen molar-refractivity contribution in [1.29, 1.82) is 0 Å². The molecule has 0 spiro atoms. The summed E-state index contributed by atoms with van der Waals surface area (Å²) in [7, 11) is 0. The average molecular weight is 369 g/mol. The van der Waals surface area contributed by atoms with E-state index in [-0.39, 0.29) is 5.69 Å². The van der Waals surface area contributed by atoms with E-state index in [1.54, 1.807) is 13.0 Å². The molecule has 4 nitrogen and oxygen atoms in total. The number of halogens is 1. The Hall–Kier alpha value is -1.63. The van der Waals surface area contributed by atoms with Crippen molar-refractivity contribution < 1.29 is 9.66 Å². The van der Waals surface area contributed by atoms with Crippen LogP contribution < -0.4 is 4.74 Å². The number of non-ortho nitro benzene ring substituents is 1. The van der Waals surface area contributed by atoms with E-state index >= 15 is 0 Å². The minimum atomic E-state index is -0.407.